The molecule has 0 radical (unpaired) electrons. The van der Waals surface area contributed by atoms with Crippen molar-refractivity contribution in [2.75, 3.05) is 19.0 Å². The predicted molar refractivity (Wildman–Crippen MR) is 117 cm³/mol. The number of amides is 1. The van der Waals surface area contributed by atoms with Crippen molar-refractivity contribution in [2.24, 2.45) is 0 Å². The quantitative estimate of drug-likeness (QED) is 0.455. The van der Waals surface area contributed by atoms with Crippen molar-refractivity contribution in [1.82, 2.24) is 15.3 Å². The summed E-state index contributed by atoms with van der Waals surface area (Å²) in [5.74, 6) is 1.40. The monoisotopic (exact) mass is 449 g/mol. The zero-order valence-corrected chi connectivity index (χ0v) is 18.5. The highest BCUT2D eigenvalue weighted by Gasteiger charge is 2.17. The van der Waals surface area contributed by atoms with Crippen LogP contribution < -0.4 is 14.8 Å². The second kappa shape index (κ2) is 8.77. The fourth-order valence-corrected chi connectivity index (χ4v) is 5.27. The number of hydrogen-bond acceptors (Lipinski definition) is 7. The van der Waals surface area contributed by atoms with E-state index in [-0.39, 0.29) is 11.7 Å². The van der Waals surface area contributed by atoms with E-state index in [0.29, 0.717) is 36.3 Å². The topological polar surface area (TPSA) is 73.3 Å². The highest BCUT2D eigenvalue weighted by Crippen LogP contribution is 2.38. The van der Waals surface area contributed by atoms with Crippen LogP contribution in [0.4, 0.5) is 0 Å². The lowest BCUT2D eigenvalue weighted by Crippen LogP contribution is -2.24. The number of carbonyl (C=O) groups excluding carboxylic acids is 1. The first kappa shape index (κ1) is 20.3. The van der Waals surface area contributed by atoms with Gasteiger partial charge in [0, 0.05) is 23.2 Å². The molecular formula is C20H20ClN3O3S2. The van der Waals surface area contributed by atoms with Crippen LogP contribution in [-0.2, 0) is 11.3 Å². The number of benzene rings is 1. The summed E-state index contributed by atoms with van der Waals surface area (Å²) in [6.45, 7) is 5.68. The number of ether oxygens (including phenoxy) is 2. The van der Waals surface area contributed by atoms with Crippen LogP contribution in [0.3, 0.4) is 0 Å². The summed E-state index contributed by atoms with van der Waals surface area (Å²) in [5, 5.41) is 5.31. The molecule has 0 unspecified atom stereocenters. The van der Waals surface area contributed by atoms with Gasteiger partial charge in [-0.3, -0.25) is 4.79 Å². The van der Waals surface area contributed by atoms with Gasteiger partial charge in [-0.2, -0.15) is 0 Å². The molecule has 6 nitrogen and oxygen atoms in total. The van der Waals surface area contributed by atoms with Gasteiger partial charge >= 0.3 is 0 Å². The summed E-state index contributed by atoms with van der Waals surface area (Å²) in [5.41, 5.74) is 2.04. The molecule has 0 spiro atoms. The number of aromatic nitrogens is 2. The molecule has 1 aliphatic heterocycles. The van der Waals surface area contributed by atoms with Gasteiger partial charge in [-0.1, -0.05) is 23.4 Å². The number of fused-ring (bicyclic) bond motifs is 2. The standard InChI is InChI=1S/C20H20ClN3O3S2/c1-11-12(2)29-20-17(11)19(23-10-24-20)28-9-16(25)22-8-13-6-14(21)18-15(7-13)26-4-3-5-27-18/h6-7,10H,3-5,8-9H2,1-2H3,(H,22,25). The Bertz CT molecular complexity index is 1070. The number of hydrogen-bond donors (Lipinski definition) is 1. The van der Waals surface area contributed by atoms with Crippen LogP contribution >= 0.6 is 34.7 Å². The number of halogens is 1. The largest absolute Gasteiger partial charge is 0.489 e. The van der Waals surface area contributed by atoms with Crippen molar-refractivity contribution < 1.29 is 14.3 Å². The highest BCUT2D eigenvalue weighted by molar-refractivity contribution is 8.00. The maximum atomic E-state index is 12.4. The zero-order valence-electron chi connectivity index (χ0n) is 16.1. The summed E-state index contributed by atoms with van der Waals surface area (Å²) in [6, 6.07) is 3.67. The molecule has 3 aromatic rings. The molecule has 4 rings (SSSR count). The van der Waals surface area contributed by atoms with E-state index in [4.69, 9.17) is 21.1 Å². The second-order valence-electron chi connectivity index (χ2n) is 6.66. The van der Waals surface area contributed by atoms with Gasteiger partial charge in [0.05, 0.1) is 24.0 Å². The fraction of sp³-hybridized carbons (Fsp3) is 0.350. The Hall–Kier alpha value is -2.03. The van der Waals surface area contributed by atoms with Crippen LogP contribution in [-0.4, -0.2) is 34.8 Å². The van der Waals surface area contributed by atoms with Crippen molar-refractivity contribution in [3.63, 3.8) is 0 Å². The van der Waals surface area contributed by atoms with E-state index in [1.165, 1.54) is 22.2 Å². The first-order valence-corrected chi connectivity index (χ1v) is 11.4. The number of carbonyl (C=O) groups is 1. The average molecular weight is 450 g/mol. The summed E-state index contributed by atoms with van der Waals surface area (Å²) in [6.07, 6.45) is 2.37. The van der Waals surface area contributed by atoms with Crippen LogP contribution in [0.2, 0.25) is 5.02 Å². The number of nitrogens with one attached hydrogen (secondary N) is 1. The number of thiophene rings is 1. The van der Waals surface area contributed by atoms with Crippen molar-refractivity contribution in [3.8, 4) is 11.5 Å². The third-order valence-corrected chi connectivity index (χ3v) is 7.01. The smallest absolute Gasteiger partial charge is 0.230 e. The second-order valence-corrected chi connectivity index (χ2v) is 9.24. The summed E-state index contributed by atoms with van der Waals surface area (Å²) < 4.78 is 11.3. The number of rotatable bonds is 5. The van der Waals surface area contributed by atoms with Crippen LogP contribution in [0.15, 0.2) is 23.5 Å². The van der Waals surface area contributed by atoms with E-state index in [1.54, 1.807) is 23.7 Å². The lowest BCUT2D eigenvalue weighted by atomic mass is 10.2. The van der Waals surface area contributed by atoms with Gasteiger partial charge in [-0.15, -0.1) is 11.3 Å². The third-order valence-electron chi connectivity index (χ3n) is 4.62. The van der Waals surface area contributed by atoms with Gasteiger partial charge in [-0.25, -0.2) is 9.97 Å². The van der Waals surface area contributed by atoms with E-state index in [0.717, 1.165) is 27.2 Å². The van der Waals surface area contributed by atoms with Crippen molar-refractivity contribution in [3.05, 3.63) is 39.5 Å². The van der Waals surface area contributed by atoms with Gasteiger partial charge in [0.25, 0.3) is 0 Å². The minimum absolute atomic E-state index is 0.0744. The molecule has 9 heteroatoms. The zero-order chi connectivity index (χ0) is 20.4. The molecule has 0 saturated carbocycles. The lowest BCUT2D eigenvalue weighted by molar-refractivity contribution is -0.118. The first-order chi connectivity index (χ1) is 14.0. The minimum Gasteiger partial charge on any atom is -0.489 e. The Morgan fingerprint density at radius 3 is 2.97 bits per heavy atom. The van der Waals surface area contributed by atoms with Gasteiger partial charge in [0.1, 0.15) is 16.2 Å². The third kappa shape index (κ3) is 4.44. The fourth-order valence-electron chi connectivity index (χ4n) is 3.03. The Kier molecular flexibility index (Phi) is 6.12. The Morgan fingerprint density at radius 1 is 1.28 bits per heavy atom. The highest BCUT2D eigenvalue weighted by atomic mass is 35.5. The molecule has 29 heavy (non-hydrogen) atoms. The van der Waals surface area contributed by atoms with E-state index in [2.05, 4.69) is 29.1 Å². The summed E-state index contributed by atoms with van der Waals surface area (Å²) >= 11 is 9.38. The number of nitrogens with zero attached hydrogens (tertiary/aromatic N) is 2. The lowest BCUT2D eigenvalue weighted by Gasteiger charge is -2.12. The molecule has 1 amide bonds. The van der Waals surface area contributed by atoms with E-state index >= 15 is 0 Å². The van der Waals surface area contributed by atoms with Gasteiger partial charge in [0.15, 0.2) is 11.5 Å². The molecule has 1 N–H and O–H groups in total. The van der Waals surface area contributed by atoms with Gasteiger partial charge in [-0.05, 0) is 37.1 Å². The predicted octanol–water partition coefficient (Wildman–Crippen LogP) is 4.53. The maximum absolute atomic E-state index is 12.4. The van der Waals surface area contributed by atoms with Crippen LogP contribution in [0.25, 0.3) is 10.2 Å². The van der Waals surface area contributed by atoms with Crippen LogP contribution in [0.5, 0.6) is 11.5 Å². The average Bonchev–Trinajstić information content (AvgIpc) is 2.87. The van der Waals surface area contributed by atoms with E-state index in [9.17, 15) is 4.79 Å². The Balaban J connectivity index is 1.39. The van der Waals surface area contributed by atoms with Crippen molar-refractivity contribution in [1.29, 1.82) is 0 Å². The van der Waals surface area contributed by atoms with Gasteiger partial charge in [0.2, 0.25) is 5.91 Å². The van der Waals surface area contributed by atoms with Crippen molar-refractivity contribution >= 4 is 50.8 Å². The van der Waals surface area contributed by atoms with Crippen LogP contribution in [0, 0.1) is 13.8 Å². The molecule has 152 valence electrons. The van der Waals surface area contributed by atoms with E-state index in [1.807, 2.05) is 6.07 Å². The number of thioether (sulfide) groups is 1. The normalized spacial score (nSPS) is 13.3. The molecular weight excluding hydrogens is 430 g/mol. The molecule has 0 bridgehead atoms. The number of aryl methyl sites for hydroxylation is 2. The minimum atomic E-state index is -0.0744. The Labute approximate surface area is 182 Å². The summed E-state index contributed by atoms with van der Waals surface area (Å²) in [4.78, 5) is 23.3. The first-order valence-electron chi connectivity index (χ1n) is 9.21. The van der Waals surface area contributed by atoms with E-state index < -0.39 is 0 Å². The molecule has 0 aliphatic carbocycles. The van der Waals surface area contributed by atoms with Gasteiger partial charge < -0.3 is 14.8 Å². The van der Waals surface area contributed by atoms with Crippen LogP contribution in [0.1, 0.15) is 22.4 Å². The molecule has 3 heterocycles. The molecule has 1 aromatic carbocycles. The molecule has 0 saturated heterocycles. The van der Waals surface area contributed by atoms with Crippen molar-refractivity contribution in [2.45, 2.75) is 31.8 Å². The molecule has 0 fully saturated rings. The molecule has 0 atom stereocenters. The maximum Gasteiger partial charge on any atom is 0.230 e. The SMILES string of the molecule is Cc1sc2ncnc(SCC(=O)NCc3cc(Cl)c4c(c3)OCCCO4)c2c1C. The Morgan fingerprint density at radius 2 is 2.10 bits per heavy atom. The molecule has 1 aliphatic rings. The molecule has 2 aromatic heterocycles. The summed E-state index contributed by atoms with van der Waals surface area (Å²) in [7, 11) is 0.